The highest BCUT2D eigenvalue weighted by molar-refractivity contribution is 7.91. The SMILES string of the molecule is COc1ccc(-c2nc(CS(=O)(=O)CC(=O)NCC(OC)OC)c(C)o2)cc1. The van der Waals surface area contributed by atoms with E-state index in [1.54, 1.807) is 38.3 Å². The second-order valence-electron chi connectivity index (χ2n) is 5.99. The summed E-state index contributed by atoms with van der Waals surface area (Å²) in [7, 11) is 0.673. The van der Waals surface area contributed by atoms with Crippen LogP contribution in [0.4, 0.5) is 0 Å². The smallest absolute Gasteiger partial charge is 0.235 e. The molecule has 154 valence electrons. The molecule has 28 heavy (non-hydrogen) atoms. The number of nitrogens with zero attached hydrogens (tertiary/aromatic N) is 1. The van der Waals surface area contributed by atoms with Gasteiger partial charge in [0, 0.05) is 19.8 Å². The summed E-state index contributed by atoms with van der Waals surface area (Å²) in [5.74, 6) is -0.339. The van der Waals surface area contributed by atoms with Crippen LogP contribution in [0.2, 0.25) is 0 Å². The zero-order chi connectivity index (χ0) is 20.7. The first kappa shape index (κ1) is 21.9. The fraction of sp³-hybridized carbons (Fsp3) is 0.444. The van der Waals surface area contributed by atoms with Crippen LogP contribution in [-0.4, -0.2) is 59.2 Å². The van der Waals surface area contributed by atoms with E-state index in [9.17, 15) is 13.2 Å². The van der Waals surface area contributed by atoms with Gasteiger partial charge in [-0.1, -0.05) is 0 Å². The summed E-state index contributed by atoms with van der Waals surface area (Å²) in [4.78, 5) is 16.2. The Labute approximate surface area is 163 Å². The van der Waals surface area contributed by atoms with Crippen molar-refractivity contribution in [2.45, 2.75) is 19.0 Å². The number of hydrogen-bond donors (Lipinski definition) is 1. The number of carbonyl (C=O) groups excluding carboxylic acids is 1. The van der Waals surface area contributed by atoms with Crippen LogP contribution in [-0.2, 0) is 29.9 Å². The molecule has 1 N–H and O–H groups in total. The maximum atomic E-state index is 12.4. The fourth-order valence-corrected chi connectivity index (χ4v) is 3.68. The van der Waals surface area contributed by atoms with Gasteiger partial charge in [0.1, 0.15) is 17.3 Å². The van der Waals surface area contributed by atoms with E-state index in [0.29, 0.717) is 23.0 Å². The maximum Gasteiger partial charge on any atom is 0.235 e. The minimum absolute atomic E-state index is 0.0476. The number of methoxy groups -OCH3 is 3. The van der Waals surface area contributed by atoms with Crippen molar-refractivity contribution in [3.05, 3.63) is 35.7 Å². The third kappa shape index (κ3) is 6.04. The van der Waals surface area contributed by atoms with Gasteiger partial charge in [0.25, 0.3) is 0 Å². The van der Waals surface area contributed by atoms with E-state index in [1.807, 2.05) is 0 Å². The first-order chi connectivity index (χ1) is 13.3. The number of sulfone groups is 1. The van der Waals surface area contributed by atoms with Crippen LogP contribution in [0, 0.1) is 6.92 Å². The Morgan fingerprint density at radius 3 is 2.39 bits per heavy atom. The van der Waals surface area contributed by atoms with E-state index in [0.717, 1.165) is 0 Å². The number of aromatic nitrogens is 1. The molecule has 0 aliphatic carbocycles. The number of carbonyl (C=O) groups is 1. The minimum atomic E-state index is -3.73. The van der Waals surface area contributed by atoms with Crippen LogP contribution in [0.5, 0.6) is 5.75 Å². The van der Waals surface area contributed by atoms with Crippen LogP contribution in [0.3, 0.4) is 0 Å². The third-order valence-electron chi connectivity index (χ3n) is 3.93. The second kappa shape index (κ2) is 9.67. The van der Waals surface area contributed by atoms with Crippen molar-refractivity contribution in [3.63, 3.8) is 0 Å². The van der Waals surface area contributed by atoms with Gasteiger partial charge in [0.2, 0.25) is 11.8 Å². The number of nitrogens with one attached hydrogen (secondary N) is 1. The van der Waals surface area contributed by atoms with E-state index < -0.39 is 33.5 Å². The lowest BCUT2D eigenvalue weighted by molar-refractivity contribution is -0.125. The molecular formula is C18H24N2O7S. The summed E-state index contributed by atoms with van der Waals surface area (Å²) in [5, 5.41) is 2.46. The molecule has 1 heterocycles. The van der Waals surface area contributed by atoms with Gasteiger partial charge in [-0.05, 0) is 31.2 Å². The molecule has 0 radical (unpaired) electrons. The molecule has 0 bridgehead atoms. The van der Waals surface area contributed by atoms with Crippen molar-refractivity contribution < 1.29 is 31.8 Å². The van der Waals surface area contributed by atoms with Crippen LogP contribution in [0.15, 0.2) is 28.7 Å². The number of benzene rings is 1. The molecule has 1 aromatic carbocycles. The highest BCUT2D eigenvalue weighted by Crippen LogP contribution is 2.25. The quantitative estimate of drug-likeness (QED) is 0.581. The molecule has 9 nitrogen and oxygen atoms in total. The number of ether oxygens (including phenoxy) is 3. The summed E-state index contributed by atoms with van der Waals surface area (Å²) in [6, 6.07) is 7.03. The Hall–Kier alpha value is -2.43. The van der Waals surface area contributed by atoms with Gasteiger partial charge in [-0.25, -0.2) is 13.4 Å². The first-order valence-corrected chi connectivity index (χ1v) is 10.2. The van der Waals surface area contributed by atoms with E-state index in [-0.39, 0.29) is 12.2 Å². The molecule has 0 aliphatic heterocycles. The highest BCUT2D eigenvalue weighted by atomic mass is 32.2. The van der Waals surface area contributed by atoms with Crippen LogP contribution >= 0.6 is 0 Å². The Kier molecular flexibility index (Phi) is 7.55. The predicted octanol–water partition coefficient (Wildman–Crippen LogP) is 1.31. The molecule has 1 amide bonds. The lowest BCUT2D eigenvalue weighted by atomic mass is 10.2. The summed E-state index contributed by atoms with van der Waals surface area (Å²) in [6.07, 6.45) is -0.642. The van der Waals surface area contributed by atoms with Crippen molar-refractivity contribution in [2.24, 2.45) is 0 Å². The third-order valence-corrected chi connectivity index (χ3v) is 5.34. The van der Waals surface area contributed by atoms with Crippen molar-refractivity contribution in [1.29, 1.82) is 0 Å². The van der Waals surface area contributed by atoms with Gasteiger partial charge in [-0.15, -0.1) is 0 Å². The van der Waals surface area contributed by atoms with E-state index >= 15 is 0 Å². The first-order valence-electron chi connectivity index (χ1n) is 8.41. The summed E-state index contributed by atoms with van der Waals surface area (Å²) < 4.78 is 45.3. The topological polar surface area (TPSA) is 117 Å². The van der Waals surface area contributed by atoms with Crippen molar-refractivity contribution in [1.82, 2.24) is 10.3 Å². The number of hydrogen-bond acceptors (Lipinski definition) is 8. The van der Waals surface area contributed by atoms with Gasteiger partial charge >= 0.3 is 0 Å². The highest BCUT2D eigenvalue weighted by Gasteiger charge is 2.22. The Morgan fingerprint density at radius 1 is 1.18 bits per heavy atom. The van der Waals surface area contributed by atoms with E-state index in [2.05, 4.69) is 10.3 Å². The number of aryl methyl sites for hydroxylation is 1. The fourth-order valence-electron chi connectivity index (χ4n) is 2.39. The average Bonchev–Trinajstić information content (AvgIpc) is 3.02. The lowest BCUT2D eigenvalue weighted by Gasteiger charge is -2.13. The standard InChI is InChI=1S/C18H24N2O7S/c1-12-15(20-18(27-12)13-5-7-14(24-2)8-6-13)10-28(22,23)11-16(21)19-9-17(25-3)26-4/h5-8,17H,9-11H2,1-4H3,(H,19,21). The molecule has 2 aromatic rings. The zero-order valence-electron chi connectivity index (χ0n) is 16.2. The van der Waals surface area contributed by atoms with E-state index in [4.69, 9.17) is 18.6 Å². The molecule has 2 rings (SSSR count). The van der Waals surface area contributed by atoms with Crippen molar-refractivity contribution >= 4 is 15.7 Å². The monoisotopic (exact) mass is 412 g/mol. The molecular weight excluding hydrogens is 388 g/mol. The van der Waals surface area contributed by atoms with Gasteiger partial charge in [-0.2, -0.15) is 0 Å². The van der Waals surface area contributed by atoms with Gasteiger partial charge in [-0.3, -0.25) is 4.79 Å². The number of rotatable bonds is 10. The molecule has 10 heteroatoms. The van der Waals surface area contributed by atoms with Gasteiger partial charge in [0.05, 0.1) is 25.1 Å². The predicted molar refractivity (Wildman–Crippen MR) is 102 cm³/mol. The van der Waals surface area contributed by atoms with E-state index in [1.165, 1.54) is 14.2 Å². The molecule has 1 aromatic heterocycles. The second-order valence-corrected chi connectivity index (χ2v) is 8.05. The summed E-state index contributed by atoms with van der Waals surface area (Å²) in [5.41, 5.74) is 0.959. The van der Waals surface area contributed by atoms with Gasteiger partial charge in [0.15, 0.2) is 16.1 Å². The molecule has 0 aliphatic rings. The molecule has 0 fully saturated rings. The van der Waals surface area contributed by atoms with Crippen LogP contribution in [0.25, 0.3) is 11.5 Å². The molecule has 0 saturated heterocycles. The molecule has 0 unspecified atom stereocenters. The summed E-state index contributed by atoms with van der Waals surface area (Å²) >= 11 is 0. The number of amides is 1. The van der Waals surface area contributed by atoms with Crippen LogP contribution < -0.4 is 10.1 Å². The van der Waals surface area contributed by atoms with Crippen LogP contribution in [0.1, 0.15) is 11.5 Å². The molecule has 0 saturated carbocycles. The zero-order valence-corrected chi connectivity index (χ0v) is 17.0. The summed E-state index contributed by atoms with van der Waals surface area (Å²) in [6.45, 7) is 1.68. The Morgan fingerprint density at radius 2 is 1.82 bits per heavy atom. The lowest BCUT2D eigenvalue weighted by Crippen LogP contribution is -2.37. The molecule has 0 atom stereocenters. The normalized spacial score (nSPS) is 11.6. The Bertz CT molecular complexity index is 887. The van der Waals surface area contributed by atoms with Crippen molar-refractivity contribution in [2.75, 3.05) is 33.6 Å². The minimum Gasteiger partial charge on any atom is -0.497 e. The largest absolute Gasteiger partial charge is 0.497 e. The Balaban J connectivity index is 2.03. The van der Waals surface area contributed by atoms with Gasteiger partial charge < -0.3 is 23.9 Å². The maximum absolute atomic E-state index is 12.4. The van der Waals surface area contributed by atoms with Crippen molar-refractivity contribution in [3.8, 4) is 17.2 Å². The number of oxazole rings is 1. The average molecular weight is 412 g/mol. The molecule has 0 spiro atoms.